The topological polar surface area (TPSA) is 38.0 Å². The van der Waals surface area contributed by atoms with E-state index in [9.17, 15) is 0 Å². The molecule has 92 valence electrons. The molecule has 0 bridgehead atoms. The molecule has 3 heteroatoms. The Morgan fingerprint density at radius 2 is 1.88 bits per heavy atom. The van der Waals surface area contributed by atoms with Gasteiger partial charge in [-0.3, -0.25) is 0 Å². The average Bonchev–Trinajstić information content (AvgIpc) is 2.70. The zero-order chi connectivity index (χ0) is 11.7. The second-order valence-electron chi connectivity index (χ2n) is 4.51. The van der Waals surface area contributed by atoms with Gasteiger partial charge in [0.15, 0.2) is 0 Å². The summed E-state index contributed by atoms with van der Waals surface area (Å²) in [4.78, 5) is 0. The second-order valence-corrected chi connectivity index (χ2v) is 5.22. The minimum atomic E-state index is -0.243. The number of unbranched alkanes of at least 4 members (excludes halogenated alkanes) is 6. The van der Waals surface area contributed by atoms with Crippen LogP contribution in [0.2, 0.25) is 0 Å². The van der Waals surface area contributed by atoms with Gasteiger partial charge in [-0.1, -0.05) is 43.7 Å². The Hall–Kier alpha value is -0.250. The predicted octanol–water partition coefficient (Wildman–Crippen LogP) is 3.71. The van der Waals surface area contributed by atoms with Crippen molar-refractivity contribution >= 4 is 11.9 Å². The molecule has 0 fully saturated rings. The van der Waals surface area contributed by atoms with Crippen molar-refractivity contribution < 1.29 is 0 Å². The number of nitrogens with one attached hydrogen (secondary N) is 1. The standard InChI is InChI=1S/C13H24N2S/c1-2-3-4-5-6-7-8-9-10-13(14)11-12-16-15-13/h2,11-12,15H,1,3-10,14H2. The highest BCUT2D eigenvalue weighted by atomic mass is 32.2. The number of hydrogen-bond acceptors (Lipinski definition) is 3. The van der Waals surface area contributed by atoms with Crippen LogP contribution < -0.4 is 10.5 Å². The molecule has 0 saturated heterocycles. The van der Waals surface area contributed by atoms with E-state index in [-0.39, 0.29) is 5.66 Å². The summed E-state index contributed by atoms with van der Waals surface area (Å²) in [6.07, 6.45) is 14.1. The van der Waals surface area contributed by atoms with Gasteiger partial charge in [0, 0.05) is 0 Å². The van der Waals surface area contributed by atoms with Crippen LogP contribution in [0.3, 0.4) is 0 Å². The molecule has 0 spiro atoms. The Kier molecular flexibility index (Phi) is 6.85. The van der Waals surface area contributed by atoms with E-state index in [2.05, 4.69) is 17.4 Å². The van der Waals surface area contributed by atoms with Crippen LogP contribution >= 0.6 is 11.9 Å². The van der Waals surface area contributed by atoms with Crippen LogP contribution in [0, 0.1) is 0 Å². The minimum absolute atomic E-state index is 0.243. The molecule has 1 heterocycles. The molecule has 16 heavy (non-hydrogen) atoms. The third-order valence-corrected chi connectivity index (χ3v) is 3.70. The highest BCUT2D eigenvalue weighted by Gasteiger charge is 2.23. The summed E-state index contributed by atoms with van der Waals surface area (Å²) < 4.78 is 3.22. The van der Waals surface area contributed by atoms with Crippen molar-refractivity contribution in [2.75, 3.05) is 0 Å². The van der Waals surface area contributed by atoms with Crippen LogP contribution in [0.4, 0.5) is 0 Å². The van der Waals surface area contributed by atoms with Crippen LogP contribution in [0.15, 0.2) is 24.1 Å². The first-order chi connectivity index (χ1) is 7.77. The summed E-state index contributed by atoms with van der Waals surface area (Å²) in [7, 11) is 0. The highest BCUT2D eigenvalue weighted by Crippen LogP contribution is 2.21. The van der Waals surface area contributed by atoms with Crippen molar-refractivity contribution in [3.05, 3.63) is 24.1 Å². The lowest BCUT2D eigenvalue weighted by Gasteiger charge is -2.21. The molecule has 0 radical (unpaired) electrons. The van der Waals surface area contributed by atoms with Crippen molar-refractivity contribution in [3.63, 3.8) is 0 Å². The second kappa shape index (κ2) is 7.93. The summed E-state index contributed by atoms with van der Waals surface area (Å²) in [6.45, 7) is 3.73. The van der Waals surface area contributed by atoms with Crippen molar-refractivity contribution in [1.29, 1.82) is 0 Å². The van der Waals surface area contributed by atoms with E-state index >= 15 is 0 Å². The molecule has 0 aromatic rings. The van der Waals surface area contributed by atoms with Gasteiger partial charge in [-0.25, -0.2) is 4.72 Å². The van der Waals surface area contributed by atoms with E-state index in [1.807, 2.05) is 11.5 Å². The summed E-state index contributed by atoms with van der Waals surface area (Å²) in [6, 6.07) is 0. The van der Waals surface area contributed by atoms with Crippen LogP contribution in [0.25, 0.3) is 0 Å². The summed E-state index contributed by atoms with van der Waals surface area (Å²) >= 11 is 1.59. The first-order valence-electron chi connectivity index (χ1n) is 6.27. The summed E-state index contributed by atoms with van der Waals surface area (Å²) in [5.41, 5.74) is 5.87. The van der Waals surface area contributed by atoms with Gasteiger partial charge in [0.2, 0.25) is 0 Å². The van der Waals surface area contributed by atoms with Gasteiger partial charge in [-0.2, -0.15) is 0 Å². The molecule has 0 aromatic heterocycles. The fraction of sp³-hybridized carbons (Fsp3) is 0.692. The van der Waals surface area contributed by atoms with Crippen molar-refractivity contribution in [2.45, 2.75) is 57.0 Å². The molecule has 1 aliphatic rings. The van der Waals surface area contributed by atoms with Crippen LogP contribution in [-0.2, 0) is 0 Å². The fourth-order valence-corrected chi connectivity index (χ4v) is 2.65. The van der Waals surface area contributed by atoms with E-state index < -0.39 is 0 Å². The van der Waals surface area contributed by atoms with Gasteiger partial charge < -0.3 is 5.73 Å². The molecule has 0 saturated carbocycles. The van der Waals surface area contributed by atoms with E-state index in [1.54, 1.807) is 11.9 Å². The Morgan fingerprint density at radius 3 is 2.50 bits per heavy atom. The van der Waals surface area contributed by atoms with Gasteiger partial charge in [-0.15, -0.1) is 6.58 Å². The maximum Gasteiger partial charge on any atom is 0.0955 e. The predicted molar refractivity (Wildman–Crippen MR) is 73.9 cm³/mol. The fourth-order valence-electron chi connectivity index (χ4n) is 1.88. The maximum atomic E-state index is 6.11. The van der Waals surface area contributed by atoms with E-state index in [0.29, 0.717) is 0 Å². The Bertz CT molecular complexity index is 228. The zero-order valence-corrected chi connectivity index (χ0v) is 10.9. The maximum absolute atomic E-state index is 6.11. The molecule has 0 amide bonds. The van der Waals surface area contributed by atoms with Gasteiger partial charge in [0.05, 0.1) is 5.66 Å². The molecule has 2 nitrogen and oxygen atoms in total. The summed E-state index contributed by atoms with van der Waals surface area (Å²) in [5, 5.41) is 2.04. The zero-order valence-electron chi connectivity index (χ0n) is 10.1. The molecule has 0 aliphatic carbocycles. The molecule has 1 unspecified atom stereocenters. The lowest BCUT2D eigenvalue weighted by atomic mass is 10.0. The van der Waals surface area contributed by atoms with Crippen LogP contribution in [-0.4, -0.2) is 5.66 Å². The molecule has 1 atom stereocenters. The third-order valence-electron chi connectivity index (χ3n) is 2.93. The minimum Gasteiger partial charge on any atom is -0.309 e. The third kappa shape index (κ3) is 5.73. The first-order valence-corrected chi connectivity index (χ1v) is 7.15. The molecule has 1 rings (SSSR count). The first kappa shape index (κ1) is 13.8. The Balaban J connectivity index is 1.88. The molecule has 3 N–H and O–H groups in total. The molecule has 0 aromatic carbocycles. The lowest BCUT2D eigenvalue weighted by Crippen LogP contribution is -2.45. The SMILES string of the molecule is C=CCCCCCCCCC1(N)C=CSN1. The Morgan fingerprint density at radius 1 is 1.19 bits per heavy atom. The lowest BCUT2D eigenvalue weighted by molar-refractivity contribution is 0.444. The number of rotatable bonds is 9. The Labute approximate surface area is 104 Å². The van der Waals surface area contributed by atoms with E-state index in [1.165, 1.54) is 38.5 Å². The largest absolute Gasteiger partial charge is 0.309 e. The number of allylic oxidation sites excluding steroid dienone is 1. The van der Waals surface area contributed by atoms with Gasteiger partial charge in [0.25, 0.3) is 0 Å². The van der Waals surface area contributed by atoms with Gasteiger partial charge in [-0.05, 0) is 37.2 Å². The van der Waals surface area contributed by atoms with Crippen molar-refractivity contribution in [2.24, 2.45) is 5.73 Å². The molecule has 1 aliphatic heterocycles. The smallest absolute Gasteiger partial charge is 0.0955 e. The van der Waals surface area contributed by atoms with Crippen molar-refractivity contribution in [1.82, 2.24) is 4.72 Å². The number of hydrogen-bond donors (Lipinski definition) is 2. The monoisotopic (exact) mass is 240 g/mol. The quantitative estimate of drug-likeness (QED) is 0.366. The normalized spacial score (nSPS) is 23.8. The van der Waals surface area contributed by atoms with Gasteiger partial charge in [0.1, 0.15) is 0 Å². The van der Waals surface area contributed by atoms with Gasteiger partial charge >= 0.3 is 0 Å². The highest BCUT2D eigenvalue weighted by molar-refractivity contribution is 8.00. The van der Waals surface area contributed by atoms with Crippen LogP contribution in [0.5, 0.6) is 0 Å². The van der Waals surface area contributed by atoms with E-state index in [0.717, 1.165) is 12.8 Å². The number of nitrogens with two attached hydrogens (primary N) is 1. The molecular formula is C13H24N2S. The van der Waals surface area contributed by atoms with Crippen molar-refractivity contribution in [3.8, 4) is 0 Å². The van der Waals surface area contributed by atoms with Crippen LogP contribution in [0.1, 0.15) is 51.4 Å². The average molecular weight is 240 g/mol. The summed E-state index contributed by atoms with van der Waals surface area (Å²) in [5.74, 6) is 0. The molecular weight excluding hydrogens is 216 g/mol. The van der Waals surface area contributed by atoms with E-state index in [4.69, 9.17) is 5.73 Å².